The number of nitrogens with one attached hydrogen (secondary N) is 2. The molecule has 2 amide bonds. The number of carbonyl (C=O) groups is 3. The van der Waals surface area contributed by atoms with Crippen molar-refractivity contribution in [1.82, 2.24) is 15.5 Å². The fraction of sp³-hybridized carbons (Fsp3) is 0.640. The van der Waals surface area contributed by atoms with Crippen LogP contribution in [0.3, 0.4) is 0 Å². The minimum absolute atomic E-state index is 0.00669. The summed E-state index contributed by atoms with van der Waals surface area (Å²) in [5.41, 5.74) is 1.27. The van der Waals surface area contributed by atoms with Crippen LogP contribution in [0, 0.1) is 0 Å². The number of carboxylic acid groups (broad SMARTS) is 1. The molecule has 1 aliphatic rings. The van der Waals surface area contributed by atoms with Crippen LogP contribution in [0.2, 0.25) is 0 Å². The Hall–Kier alpha value is -2.93. The Balaban J connectivity index is 2.14. The van der Waals surface area contributed by atoms with Crippen LogP contribution in [-0.2, 0) is 37.0 Å². The third-order valence-electron chi connectivity index (χ3n) is 5.68. The number of aliphatic hydroxyl groups is 1. The standard InChI is InChI=1S/C25H39N3O9/c1-4-9-28(10-11-34-3)25(33)35-16-17-5-6-20(18(12-17)15-27-22(30)7-8-26-2)36-23-14-19(29)13-21(37-23)24(31)32/h5-6,12,19,21,23,26,29H,4,7-11,13-16H2,1-3H3,(H,27,30)(H,31,32). The van der Waals surface area contributed by atoms with Crippen molar-refractivity contribution in [3.63, 3.8) is 0 Å². The van der Waals surface area contributed by atoms with Crippen LogP contribution >= 0.6 is 0 Å². The number of carbonyl (C=O) groups excluding carboxylic acids is 2. The molecule has 3 atom stereocenters. The topological polar surface area (TPSA) is 156 Å². The molecule has 12 nitrogen and oxygen atoms in total. The first-order valence-electron chi connectivity index (χ1n) is 12.4. The maximum atomic E-state index is 12.5. The lowest BCUT2D eigenvalue weighted by atomic mass is 10.1. The van der Waals surface area contributed by atoms with Gasteiger partial charge in [0.15, 0.2) is 6.10 Å². The van der Waals surface area contributed by atoms with Crippen LogP contribution < -0.4 is 15.4 Å². The van der Waals surface area contributed by atoms with Crippen LogP contribution in [0.25, 0.3) is 0 Å². The highest BCUT2D eigenvalue weighted by Gasteiger charge is 2.34. The van der Waals surface area contributed by atoms with Crippen LogP contribution in [0.5, 0.6) is 5.75 Å². The van der Waals surface area contributed by atoms with E-state index in [1.165, 1.54) is 0 Å². The summed E-state index contributed by atoms with van der Waals surface area (Å²) >= 11 is 0. The molecular weight excluding hydrogens is 486 g/mol. The molecule has 3 unspecified atom stereocenters. The maximum Gasteiger partial charge on any atom is 0.410 e. The molecule has 1 aromatic carbocycles. The zero-order chi connectivity index (χ0) is 27.2. The quantitative estimate of drug-likeness (QED) is 0.263. The molecule has 0 aromatic heterocycles. The monoisotopic (exact) mass is 525 g/mol. The molecule has 12 heteroatoms. The first-order valence-corrected chi connectivity index (χ1v) is 12.4. The van der Waals surface area contributed by atoms with E-state index in [2.05, 4.69) is 10.6 Å². The number of hydrogen-bond donors (Lipinski definition) is 4. The van der Waals surface area contributed by atoms with Crippen LogP contribution in [0.15, 0.2) is 18.2 Å². The number of benzene rings is 1. The Kier molecular flexibility index (Phi) is 13.1. The van der Waals surface area contributed by atoms with Gasteiger partial charge in [0.05, 0.1) is 12.7 Å². The van der Waals surface area contributed by atoms with Gasteiger partial charge in [0.2, 0.25) is 12.2 Å². The van der Waals surface area contributed by atoms with Crippen molar-refractivity contribution < 1.29 is 43.5 Å². The summed E-state index contributed by atoms with van der Waals surface area (Å²) in [5.74, 6) is -0.982. The van der Waals surface area contributed by atoms with Gasteiger partial charge in [0.1, 0.15) is 12.4 Å². The van der Waals surface area contributed by atoms with E-state index in [9.17, 15) is 24.6 Å². The van der Waals surface area contributed by atoms with Gasteiger partial charge in [-0.2, -0.15) is 0 Å². The number of amides is 2. The van der Waals surface area contributed by atoms with Crippen molar-refractivity contribution >= 4 is 18.0 Å². The van der Waals surface area contributed by atoms with Crippen molar-refractivity contribution in [3.8, 4) is 5.75 Å². The molecule has 0 spiro atoms. The number of aliphatic hydroxyl groups excluding tert-OH is 1. The minimum Gasteiger partial charge on any atom is -0.479 e. The second-order valence-electron chi connectivity index (χ2n) is 8.74. The van der Waals surface area contributed by atoms with Gasteiger partial charge in [-0.15, -0.1) is 0 Å². The zero-order valence-corrected chi connectivity index (χ0v) is 21.7. The summed E-state index contributed by atoms with van der Waals surface area (Å²) in [7, 11) is 3.32. The van der Waals surface area contributed by atoms with E-state index in [1.54, 1.807) is 37.3 Å². The number of ether oxygens (including phenoxy) is 4. The number of rotatable bonds is 15. The molecule has 1 aliphatic heterocycles. The van der Waals surface area contributed by atoms with Gasteiger partial charge in [-0.05, 0) is 31.2 Å². The van der Waals surface area contributed by atoms with E-state index in [-0.39, 0.29) is 38.3 Å². The van der Waals surface area contributed by atoms with Crippen molar-refractivity contribution in [2.24, 2.45) is 0 Å². The molecule has 0 saturated carbocycles. The Morgan fingerprint density at radius 1 is 1.22 bits per heavy atom. The van der Waals surface area contributed by atoms with Crippen LogP contribution in [0.1, 0.15) is 43.7 Å². The van der Waals surface area contributed by atoms with Gasteiger partial charge >= 0.3 is 12.1 Å². The Morgan fingerprint density at radius 3 is 2.68 bits per heavy atom. The molecule has 1 fully saturated rings. The first kappa shape index (κ1) is 30.3. The van der Waals surface area contributed by atoms with E-state index in [0.717, 1.165) is 6.42 Å². The van der Waals surface area contributed by atoms with Crippen molar-refractivity contribution in [3.05, 3.63) is 29.3 Å². The Labute approximate surface area is 217 Å². The molecule has 2 rings (SSSR count). The highest BCUT2D eigenvalue weighted by atomic mass is 16.7. The second kappa shape index (κ2) is 16.0. The van der Waals surface area contributed by atoms with E-state index in [4.69, 9.17) is 18.9 Å². The Bertz CT molecular complexity index is 883. The van der Waals surface area contributed by atoms with E-state index >= 15 is 0 Å². The summed E-state index contributed by atoms with van der Waals surface area (Å²) in [6.45, 7) is 4.00. The molecule has 1 aromatic rings. The van der Waals surface area contributed by atoms with Gasteiger partial charge in [0, 0.05) is 58.1 Å². The molecule has 37 heavy (non-hydrogen) atoms. The summed E-state index contributed by atoms with van der Waals surface area (Å²) < 4.78 is 21.9. The fourth-order valence-electron chi connectivity index (χ4n) is 3.73. The van der Waals surface area contributed by atoms with Crippen molar-refractivity contribution in [1.29, 1.82) is 0 Å². The molecule has 4 N–H and O–H groups in total. The van der Waals surface area contributed by atoms with Crippen molar-refractivity contribution in [2.75, 3.05) is 40.4 Å². The minimum atomic E-state index is -1.18. The van der Waals surface area contributed by atoms with E-state index < -0.39 is 30.6 Å². The molecule has 1 saturated heterocycles. The average Bonchev–Trinajstić information content (AvgIpc) is 2.87. The normalized spacial score (nSPS) is 19.2. The lowest BCUT2D eigenvalue weighted by Gasteiger charge is -2.31. The third-order valence-corrected chi connectivity index (χ3v) is 5.68. The predicted molar refractivity (Wildman–Crippen MR) is 133 cm³/mol. The smallest absolute Gasteiger partial charge is 0.410 e. The van der Waals surface area contributed by atoms with Crippen LogP contribution in [-0.4, -0.2) is 92.0 Å². The van der Waals surface area contributed by atoms with E-state index in [1.807, 2.05) is 6.92 Å². The van der Waals surface area contributed by atoms with Gasteiger partial charge in [-0.3, -0.25) is 4.79 Å². The molecule has 1 heterocycles. The number of aliphatic carboxylic acids is 1. The van der Waals surface area contributed by atoms with Gasteiger partial charge in [-0.1, -0.05) is 13.0 Å². The SMILES string of the molecule is CCCN(CCOC)C(=O)OCc1ccc(OC2CC(O)CC(C(=O)O)O2)c(CNC(=O)CCNC)c1. The number of carboxylic acids is 1. The summed E-state index contributed by atoms with van der Waals surface area (Å²) in [5, 5.41) is 25.1. The number of methoxy groups -OCH3 is 1. The Morgan fingerprint density at radius 2 is 2.00 bits per heavy atom. The largest absolute Gasteiger partial charge is 0.479 e. The fourth-order valence-corrected chi connectivity index (χ4v) is 3.73. The summed E-state index contributed by atoms with van der Waals surface area (Å²) in [6.07, 6.45) is -2.34. The predicted octanol–water partition coefficient (Wildman–Crippen LogP) is 1.24. The third kappa shape index (κ3) is 10.5. The number of nitrogens with zero attached hydrogens (tertiary/aromatic N) is 1. The first-order chi connectivity index (χ1) is 17.8. The average molecular weight is 526 g/mol. The van der Waals surface area contributed by atoms with Gasteiger partial charge < -0.3 is 44.7 Å². The lowest BCUT2D eigenvalue weighted by Crippen LogP contribution is -2.42. The van der Waals surface area contributed by atoms with Crippen LogP contribution in [0.4, 0.5) is 4.79 Å². The van der Waals surface area contributed by atoms with Crippen molar-refractivity contribution in [2.45, 2.75) is 64.3 Å². The second-order valence-corrected chi connectivity index (χ2v) is 8.74. The zero-order valence-electron chi connectivity index (χ0n) is 21.7. The molecule has 0 radical (unpaired) electrons. The van der Waals surface area contributed by atoms with Gasteiger partial charge in [-0.25, -0.2) is 9.59 Å². The van der Waals surface area contributed by atoms with Gasteiger partial charge in [0.25, 0.3) is 0 Å². The molecule has 0 bridgehead atoms. The highest BCUT2D eigenvalue weighted by molar-refractivity contribution is 5.76. The molecular formula is C25H39N3O9. The summed E-state index contributed by atoms with van der Waals surface area (Å²) in [4.78, 5) is 37.6. The molecule has 208 valence electrons. The van der Waals surface area contributed by atoms with E-state index in [0.29, 0.717) is 43.1 Å². The molecule has 0 aliphatic carbocycles. The maximum absolute atomic E-state index is 12.5. The highest BCUT2D eigenvalue weighted by Crippen LogP contribution is 2.27. The number of hydrogen-bond acceptors (Lipinski definition) is 9. The lowest BCUT2D eigenvalue weighted by molar-refractivity contribution is -0.195. The summed E-state index contributed by atoms with van der Waals surface area (Å²) in [6, 6.07) is 5.10.